The van der Waals surface area contributed by atoms with E-state index >= 15 is 0 Å². The van der Waals surface area contributed by atoms with Gasteiger partial charge in [-0.25, -0.2) is 22.1 Å². The van der Waals surface area contributed by atoms with E-state index in [1.807, 2.05) is 12.1 Å². The van der Waals surface area contributed by atoms with Crippen LogP contribution in [0.3, 0.4) is 0 Å². The Labute approximate surface area is 223 Å². The summed E-state index contributed by atoms with van der Waals surface area (Å²) >= 11 is 5.87. The smallest absolute Gasteiger partial charge is 0.243 e. The maximum absolute atomic E-state index is 13.0. The van der Waals surface area contributed by atoms with Crippen LogP contribution in [0.15, 0.2) is 30.5 Å². The molecule has 204 valence electrons. The van der Waals surface area contributed by atoms with Gasteiger partial charge in [-0.15, -0.1) is 0 Å². The normalized spacial score (nSPS) is 13.5. The van der Waals surface area contributed by atoms with Crippen LogP contribution in [0.4, 0.5) is 0 Å². The lowest BCUT2D eigenvalue weighted by Gasteiger charge is -2.36. The van der Waals surface area contributed by atoms with Gasteiger partial charge in [0.05, 0.1) is 11.4 Å². The second kappa shape index (κ2) is 12.1. The van der Waals surface area contributed by atoms with Crippen molar-refractivity contribution in [1.29, 1.82) is 0 Å². The molecule has 2 rings (SSSR count). The number of nitrogens with one attached hydrogen (secondary N) is 1. The van der Waals surface area contributed by atoms with Gasteiger partial charge in [0.2, 0.25) is 10.0 Å². The fraction of sp³-hybridized carbons (Fsp3) is 0.625. The first-order valence-corrected chi connectivity index (χ1v) is 18.6. The fourth-order valence-corrected chi connectivity index (χ4v) is 8.28. The number of imidazole rings is 1. The van der Waals surface area contributed by atoms with Gasteiger partial charge in [-0.1, -0.05) is 64.0 Å². The van der Waals surface area contributed by atoms with Gasteiger partial charge >= 0.3 is 10.2 Å². The van der Waals surface area contributed by atoms with E-state index in [4.69, 9.17) is 16.6 Å². The number of benzene rings is 1. The number of hydrogen-bond acceptors (Lipinski definition) is 5. The molecule has 8 nitrogen and oxygen atoms in total. The van der Waals surface area contributed by atoms with Crippen molar-refractivity contribution in [1.82, 2.24) is 18.0 Å². The van der Waals surface area contributed by atoms with Crippen molar-refractivity contribution in [2.75, 3.05) is 26.4 Å². The number of unbranched alkanes of at least 4 members (excludes halogenated alkanes) is 2. The Morgan fingerprint density at radius 1 is 1.00 bits per heavy atom. The van der Waals surface area contributed by atoms with E-state index in [0.29, 0.717) is 36.3 Å². The average Bonchev–Trinajstić information content (AvgIpc) is 3.21. The molecule has 0 atom stereocenters. The maximum Gasteiger partial charge on any atom is 0.308 e. The zero-order valence-corrected chi connectivity index (χ0v) is 25.9. The molecule has 0 radical (unpaired) electrons. The largest absolute Gasteiger partial charge is 0.308 e. The van der Waals surface area contributed by atoms with Gasteiger partial charge in [-0.3, -0.25) is 0 Å². The van der Waals surface area contributed by atoms with Crippen LogP contribution in [0, 0.1) is 0 Å². The second-order valence-corrected chi connectivity index (χ2v) is 20.5. The third-order valence-corrected chi connectivity index (χ3v) is 15.6. The maximum atomic E-state index is 13.0. The first-order chi connectivity index (χ1) is 16.5. The van der Waals surface area contributed by atoms with E-state index in [9.17, 15) is 16.8 Å². The average molecular weight is 577 g/mol. The number of sulfonamides is 1. The quantitative estimate of drug-likeness (QED) is 0.289. The summed E-state index contributed by atoms with van der Waals surface area (Å²) in [6.45, 7) is 11.1. The molecule has 1 N–H and O–H groups in total. The molecule has 1 aromatic heterocycles. The topological polar surface area (TPSA) is 101 Å². The van der Waals surface area contributed by atoms with Gasteiger partial charge in [0.25, 0.3) is 0 Å². The van der Waals surface area contributed by atoms with Crippen molar-refractivity contribution in [2.45, 2.75) is 71.0 Å². The SMILES string of the molecule is CN(C)S(=O)(=O)n1cc(CCCCCNS(=O)(=O)CCc2ccc(Cl)cc2)nc1[Si](C)(C)C(C)(C)C. The van der Waals surface area contributed by atoms with E-state index in [1.165, 1.54) is 22.4 Å². The molecule has 0 aliphatic heterocycles. The molecule has 0 fully saturated rings. The first-order valence-electron chi connectivity index (χ1n) is 12.2. The first kappa shape index (κ1) is 31.0. The highest BCUT2D eigenvalue weighted by Gasteiger charge is 2.43. The van der Waals surface area contributed by atoms with Crippen LogP contribution in [-0.2, 0) is 33.1 Å². The van der Waals surface area contributed by atoms with E-state index in [2.05, 4.69) is 38.6 Å². The van der Waals surface area contributed by atoms with Crippen molar-refractivity contribution >= 4 is 45.4 Å². The van der Waals surface area contributed by atoms with Crippen molar-refractivity contribution in [3.05, 3.63) is 46.7 Å². The Morgan fingerprint density at radius 2 is 1.61 bits per heavy atom. The second-order valence-electron chi connectivity index (χ2n) is 10.9. The lowest BCUT2D eigenvalue weighted by molar-refractivity contribution is 0.511. The molecular weight excluding hydrogens is 536 g/mol. The predicted octanol–water partition coefficient (Wildman–Crippen LogP) is 3.78. The number of aryl methyl sites for hydroxylation is 2. The minimum atomic E-state index is -3.67. The van der Waals surface area contributed by atoms with E-state index < -0.39 is 28.3 Å². The van der Waals surface area contributed by atoms with Crippen LogP contribution < -0.4 is 10.2 Å². The molecule has 1 heterocycles. The molecule has 0 saturated carbocycles. The Hall–Kier alpha value is -1.24. The predicted molar refractivity (Wildman–Crippen MR) is 152 cm³/mol. The lowest BCUT2D eigenvalue weighted by Crippen LogP contribution is -2.56. The van der Waals surface area contributed by atoms with Crippen LogP contribution in [0.25, 0.3) is 0 Å². The van der Waals surface area contributed by atoms with Gasteiger partial charge in [-0.2, -0.15) is 12.7 Å². The minimum Gasteiger partial charge on any atom is -0.243 e. The number of halogens is 1. The molecule has 2 aromatic rings. The molecule has 36 heavy (non-hydrogen) atoms. The van der Waals surface area contributed by atoms with Crippen LogP contribution in [-0.4, -0.2) is 64.6 Å². The zero-order valence-electron chi connectivity index (χ0n) is 22.5. The van der Waals surface area contributed by atoms with E-state index in [-0.39, 0.29) is 10.8 Å². The summed E-state index contributed by atoms with van der Waals surface area (Å²) in [5.74, 6) is 0.0304. The highest BCUT2D eigenvalue weighted by Crippen LogP contribution is 2.35. The summed E-state index contributed by atoms with van der Waals surface area (Å²) in [6.07, 6.45) is 5.03. The Morgan fingerprint density at radius 3 is 2.17 bits per heavy atom. The van der Waals surface area contributed by atoms with Crippen LogP contribution in [0.2, 0.25) is 23.2 Å². The summed E-state index contributed by atoms with van der Waals surface area (Å²) in [5, 5.41) is 0.557. The molecule has 1 aromatic carbocycles. The summed E-state index contributed by atoms with van der Waals surface area (Å²) in [7, 11) is -6.18. The van der Waals surface area contributed by atoms with Gasteiger partial charge < -0.3 is 0 Å². The van der Waals surface area contributed by atoms with Gasteiger partial charge in [0.15, 0.2) is 0 Å². The van der Waals surface area contributed by atoms with Crippen LogP contribution in [0.5, 0.6) is 0 Å². The highest BCUT2D eigenvalue weighted by molar-refractivity contribution is 7.89. The van der Waals surface area contributed by atoms with Gasteiger partial charge in [-0.05, 0) is 48.4 Å². The Kier molecular flexibility index (Phi) is 10.4. The number of rotatable bonds is 13. The van der Waals surface area contributed by atoms with Crippen molar-refractivity contribution in [3.8, 4) is 0 Å². The molecule has 0 aliphatic rings. The molecule has 0 bridgehead atoms. The van der Waals surface area contributed by atoms with Crippen LogP contribution >= 0.6 is 11.6 Å². The standard InChI is InChI=1S/C24H41ClN4O4S2Si/c1-24(2,3)36(6,7)23-27-22(19-29(23)35(32,33)28(4)5)11-9-8-10-17-26-34(30,31)18-16-20-12-14-21(25)15-13-20/h12-15,19,26H,8-11,16-18H2,1-7H3. The number of hydrogen-bond donors (Lipinski definition) is 1. The summed E-state index contributed by atoms with van der Waals surface area (Å²) < 4.78 is 55.8. The van der Waals surface area contributed by atoms with Crippen molar-refractivity contribution < 1.29 is 16.8 Å². The monoisotopic (exact) mass is 576 g/mol. The summed E-state index contributed by atoms with van der Waals surface area (Å²) in [6, 6.07) is 7.18. The Balaban J connectivity index is 1.92. The molecular formula is C24H41ClN4O4S2Si. The van der Waals surface area contributed by atoms with Gasteiger partial charge in [0.1, 0.15) is 13.5 Å². The summed E-state index contributed by atoms with van der Waals surface area (Å²) in [5.41, 5.74) is 2.34. The summed E-state index contributed by atoms with van der Waals surface area (Å²) in [4.78, 5) is 4.81. The zero-order chi connectivity index (χ0) is 27.4. The number of aromatic nitrogens is 2. The molecule has 0 aliphatic carbocycles. The third-order valence-electron chi connectivity index (χ3n) is 6.87. The van der Waals surface area contributed by atoms with E-state index in [0.717, 1.165) is 24.1 Å². The van der Waals surface area contributed by atoms with E-state index in [1.54, 1.807) is 18.3 Å². The Bertz CT molecular complexity index is 1220. The molecule has 0 unspecified atom stereocenters. The van der Waals surface area contributed by atoms with Gasteiger partial charge in [0, 0.05) is 31.9 Å². The molecule has 12 heteroatoms. The van der Waals surface area contributed by atoms with Crippen molar-refractivity contribution in [2.24, 2.45) is 0 Å². The highest BCUT2D eigenvalue weighted by atomic mass is 35.5. The molecule has 0 spiro atoms. The molecule has 0 saturated heterocycles. The van der Waals surface area contributed by atoms with Crippen molar-refractivity contribution in [3.63, 3.8) is 0 Å². The number of nitrogens with zero attached hydrogens (tertiary/aromatic N) is 3. The third kappa shape index (κ3) is 8.13. The molecule has 0 amide bonds. The fourth-order valence-electron chi connectivity index (χ4n) is 3.44. The van der Waals surface area contributed by atoms with Crippen LogP contribution in [0.1, 0.15) is 51.3 Å². The lowest BCUT2D eigenvalue weighted by atomic mass is 10.1. The minimum absolute atomic E-state index is 0.0304.